The van der Waals surface area contributed by atoms with Gasteiger partial charge in [0.05, 0.1) is 29.3 Å². The molecule has 118 valence electrons. The first kappa shape index (κ1) is 15.6. The van der Waals surface area contributed by atoms with E-state index in [1.807, 2.05) is 0 Å². The Morgan fingerprint density at radius 3 is 2.61 bits per heavy atom. The molecule has 0 unspecified atom stereocenters. The predicted molar refractivity (Wildman–Crippen MR) is 81.6 cm³/mol. The van der Waals surface area contributed by atoms with Crippen LogP contribution in [0.5, 0.6) is 0 Å². The number of fused-ring (bicyclic) bond motifs is 1. The van der Waals surface area contributed by atoms with Gasteiger partial charge in [-0.15, -0.1) is 0 Å². The second-order valence-corrected chi connectivity index (χ2v) is 5.43. The first-order chi connectivity index (χ1) is 10.9. The number of nitrogens with zero attached hydrogens (tertiary/aromatic N) is 2. The van der Waals surface area contributed by atoms with E-state index in [1.165, 1.54) is 30.6 Å². The monoisotopic (exact) mass is 338 g/mol. The standard InChI is InChI=1S/C16H10ClF3N2O/c17-11-5-6-14-12(7-11)15(23)22(9-21-14)8-10-3-1-2-4-13(10)16(18,19)20/h1-7,9H,8H2. The Labute approximate surface area is 134 Å². The van der Waals surface area contributed by atoms with Crippen molar-refractivity contribution >= 4 is 22.5 Å². The molecule has 3 nitrogen and oxygen atoms in total. The van der Waals surface area contributed by atoms with Crippen LogP contribution in [0.2, 0.25) is 5.02 Å². The van der Waals surface area contributed by atoms with Gasteiger partial charge in [0.2, 0.25) is 0 Å². The van der Waals surface area contributed by atoms with Gasteiger partial charge in [-0.25, -0.2) is 4.98 Å². The highest BCUT2D eigenvalue weighted by molar-refractivity contribution is 6.31. The molecule has 0 aliphatic rings. The summed E-state index contributed by atoms with van der Waals surface area (Å²) in [6.45, 7) is -0.218. The predicted octanol–water partition coefficient (Wildman–Crippen LogP) is 4.12. The van der Waals surface area contributed by atoms with Crippen LogP contribution < -0.4 is 5.56 Å². The normalized spacial score (nSPS) is 11.8. The molecule has 1 heterocycles. The van der Waals surface area contributed by atoms with E-state index in [2.05, 4.69) is 4.98 Å². The van der Waals surface area contributed by atoms with Gasteiger partial charge >= 0.3 is 6.18 Å². The van der Waals surface area contributed by atoms with Gasteiger partial charge in [0.1, 0.15) is 0 Å². The minimum atomic E-state index is -4.48. The van der Waals surface area contributed by atoms with Gasteiger partial charge in [-0.05, 0) is 29.8 Å². The highest BCUT2D eigenvalue weighted by atomic mass is 35.5. The van der Waals surface area contributed by atoms with Crippen LogP contribution in [0.15, 0.2) is 53.6 Å². The summed E-state index contributed by atoms with van der Waals surface area (Å²) >= 11 is 5.86. The van der Waals surface area contributed by atoms with Crippen molar-refractivity contribution < 1.29 is 13.2 Å². The molecular weight excluding hydrogens is 329 g/mol. The fourth-order valence-corrected chi connectivity index (χ4v) is 2.53. The maximum absolute atomic E-state index is 13.0. The molecule has 3 aromatic rings. The van der Waals surface area contributed by atoms with Crippen molar-refractivity contribution in [3.8, 4) is 0 Å². The van der Waals surface area contributed by atoms with Crippen LogP contribution in [-0.2, 0) is 12.7 Å². The van der Waals surface area contributed by atoms with Gasteiger partial charge in [0, 0.05) is 5.02 Å². The maximum atomic E-state index is 13.0. The number of rotatable bonds is 2. The summed E-state index contributed by atoms with van der Waals surface area (Å²) in [4.78, 5) is 16.5. The van der Waals surface area contributed by atoms with Crippen LogP contribution >= 0.6 is 11.6 Å². The quantitative estimate of drug-likeness (QED) is 0.704. The van der Waals surface area contributed by atoms with E-state index in [0.717, 1.165) is 10.6 Å². The summed E-state index contributed by atoms with van der Waals surface area (Å²) in [6.07, 6.45) is -3.24. The van der Waals surface area contributed by atoms with Crippen LogP contribution in [0.25, 0.3) is 10.9 Å². The van der Waals surface area contributed by atoms with Crippen LogP contribution in [0.4, 0.5) is 13.2 Å². The first-order valence-corrected chi connectivity index (χ1v) is 7.04. The number of alkyl halides is 3. The molecular formula is C16H10ClF3N2O. The van der Waals surface area contributed by atoms with E-state index in [1.54, 1.807) is 12.1 Å². The van der Waals surface area contributed by atoms with Crippen molar-refractivity contribution in [1.29, 1.82) is 0 Å². The highest BCUT2D eigenvalue weighted by Crippen LogP contribution is 2.32. The Morgan fingerprint density at radius 2 is 1.87 bits per heavy atom. The molecule has 0 radical (unpaired) electrons. The lowest BCUT2D eigenvalue weighted by atomic mass is 10.1. The number of hydrogen-bond donors (Lipinski definition) is 0. The molecule has 0 spiro atoms. The summed E-state index contributed by atoms with van der Waals surface area (Å²) in [7, 11) is 0. The van der Waals surface area contributed by atoms with Gasteiger partial charge in [-0.2, -0.15) is 13.2 Å². The van der Waals surface area contributed by atoms with Crippen LogP contribution in [-0.4, -0.2) is 9.55 Å². The fourth-order valence-electron chi connectivity index (χ4n) is 2.36. The molecule has 0 fully saturated rings. The van der Waals surface area contributed by atoms with E-state index in [9.17, 15) is 18.0 Å². The Hall–Kier alpha value is -2.34. The topological polar surface area (TPSA) is 34.9 Å². The van der Waals surface area contributed by atoms with Gasteiger partial charge in [-0.1, -0.05) is 29.8 Å². The molecule has 3 rings (SSSR count). The van der Waals surface area contributed by atoms with Crippen LogP contribution in [0.1, 0.15) is 11.1 Å². The summed E-state index contributed by atoms with van der Waals surface area (Å²) in [5.41, 5.74) is -0.752. The summed E-state index contributed by atoms with van der Waals surface area (Å²) in [5, 5.41) is 0.634. The molecule has 0 saturated carbocycles. The number of benzene rings is 2. The van der Waals surface area contributed by atoms with E-state index in [4.69, 9.17) is 11.6 Å². The Balaban J connectivity index is 2.10. The van der Waals surface area contributed by atoms with Crippen molar-refractivity contribution in [2.24, 2.45) is 0 Å². The third kappa shape index (κ3) is 3.07. The van der Waals surface area contributed by atoms with Gasteiger partial charge in [0.15, 0.2) is 0 Å². The lowest BCUT2D eigenvalue weighted by Crippen LogP contribution is -2.22. The molecule has 1 aromatic heterocycles. The van der Waals surface area contributed by atoms with Gasteiger partial charge < -0.3 is 0 Å². The second-order valence-electron chi connectivity index (χ2n) is 4.99. The minimum absolute atomic E-state index is 0.00489. The minimum Gasteiger partial charge on any atom is -0.294 e. The number of hydrogen-bond acceptors (Lipinski definition) is 2. The van der Waals surface area contributed by atoms with Crippen LogP contribution in [0.3, 0.4) is 0 Å². The zero-order valence-corrected chi connectivity index (χ0v) is 12.4. The average molecular weight is 339 g/mol. The highest BCUT2D eigenvalue weighted by Gasteiger charge is 2.32. The fraction of sp³-hybridized carbons (Fsp3) is 0.125. The van der Waals surface area contributed by atoms with Crippen molar-refractivity contribution in [3.05, 3.63) is 75.3 Å². The molecule has 0 saturated heterocycles. The van der Waals surface area contributed by atoms with Crippen molar-refractivity contribution in [1.82, 2.24) is 9.55 Å². The zero-order valence-electron chi connectivity index (χ0n) is 11.6. The third-order valence-electron chi connectivity index (χ3n) is 3.45. The molecule has 23 heavy (non-hydrogen) atoms. The van der Waals surface area contributed by atoms with Crippen molar-refractivity contribution in [2.75, 3.05) is 0 Å². The molecule has 7 heteroatoms. The summed E-state index contributed by atoms with van der Waals surface area (Å²) in [5.74, 6) is 0. The first-order valence-electron chi connectivity index (χ1n) is 6.66. The van der Waals surface area contributed by atoms with E-state index in [0.29, 0.717) is 10.5 Å². The molecule has 0 aliphatic heterocycles. The Bertz CT molecular complexity index is 934. The Morgan fingerprint density at radius 1 is 1.13 bits per heavy atom. The smallest absolute Gasteiger partial charge is 0.294 e. The summed E-state index contributed by atoms with van der Waals surface area (Å²) < 4.78 is 40.3. The number of halogens is 4. The van der Waals surface area contributed by atoms with Crippen molar-refractivity contribution in [3.63, 3.8) is 0 Å². The molecule has 2 aromatic carbocycles. The molecule has 0 bridgehead atoms. The molecule has 0 amide bonds. The van der Waals surface area contributed by atoms with Crippen LogP contribution in [0, 0.1) is 0 Å². The molecule has 0 atom stereocenters. The van der Waals surface area contributed by atoms with Crippen molar-refractivity contribution in [2.45, 2.75) is 12.7 Å². The lowest BCUT2D eigenvalue weighted by molar-refractivity contribution is -0.138. The maximum Gasteiger partial charge on any atom is 0.416 e. The van der Waals surface area contributed by atoms with Gasteiger partial charge in [-0.3, -0.25) is 9.36 Å². The largest absolute Gasteiger partial charge is 0.416 e. The average Bonchev–Trinajstić information content (AvgIpc) is 2.50. The molecule has 0 N–H and O–H groups in total. The van der Waals surface area contributed by atoms with Gasteiger partial charge in [0.25, 0.3) is 5.56 Å². The Kier molecular flexibility index (Phi) is 3.85. The zero-order chi connectivity index (χ0) is 16.6. The van der Waals surface area contributed by atoms with E-state index < -0.39 is 17.3 Å². The third-order valence-corrected chi connectivity index (χ3v) is 3.68. The second kappa shape index (κ2) is 5.70. The van der Waals surface area contributed by atoms with E-state index in [-0.39, 0.29) is 17.5 Å². The molecule has 0 aliphatic carbocycles. The van der Waals surface area contributed by atoms with E-state index >= 15 is 0 Å². The summed E-state index contributed by atoms with van der Waals surface area (Å²) in [6, 6.07) is 9.79. The lowest BCUT2D eigenvalue weighted by Gasteiger charge is -2.13. The SMILES string of the molecule is O=c1c2cc(Cl)ccc2ncn1Cc1ccccc1C(F)(F)F. The number of aromatic nitrogens is 2.